The van der Waals surface area contributed by atoms with E-state index >= 15 is 0 Å². The molecule has 0 radical (unpaired) electrons. The molecule has 1 atom stereocenters. The summed E-state index contributed by atoms with van der Waals surface area (Å²) in [6, 6.07) is 5.04. The topological polar surface area (TPSA) is 84.7 Å². The Labute approximate surface area is 186 Å². The number of fused-ring (bicyclic) bond motifs is 1. The lowest BCUT2D eigenvalue weighted by molar-refractivity contribution is -0.143. The van der Waals surface area contributed by atoms with E-state index in [1.165, 1.54) is 18.3 Å². The number of hydrogen-bond donors (Lipinski definition) is 3. The fourth-order valence-corrected chi connectivity index (χ4v) is 3.54. The van der Waals surface area contributed by atoms with Crippen LogP contribution in [-0.2, 0) is 12.4 Å². The molecule has 0 aliphatic carbocycles. The predicted molar refractivity (Wildman–Crippen MR) is 107 cm³/mol. The number of alkyl halides is 6. The van der Waals surface area contributed by atoms with Crippen LogP contribution in [0, 0.1) is 0 Å². The molecular weight excluding hydrogens is 474 g/mol. The molecule has 3 heterocycles. The number of nitrogens with one attached hydrogen (secondary N) is 2. The van der Waals surface area contributed by atoms with Gasteiger partial charge in [-0.15, -0.1) is 17.7 Å². The normalized spacial score (nSPS) is 15.7. The van der Waals surface area contributed by atoms with Gasteiger partial charge in [0.25, 0.3) is 5.91 Å². The molecule has 1 unspecified atom stereocenters. The lowest BCUT2D eigenvalue weighted by atomic mass is 10.0. The van der Waals surface area contributed by atoms with Crippen molar-refractivity contribution in [2.45, 2.75) is 17.7 Å². The van der Waals surface area contributed by atoms with Gasteiger partial charge < -0.3 is 10.6 Å². The molecule has 0 bridgehead atoms. The maximum atomic E-state index is 14.0. The van der Waals surface area contributed by atoms with Gasteiger partial charge in [0.2, 0.25) is 0 Å². The Kier molecular flexibility index (Phi) is 5.56. The van der Waals surface area contributed by atoms with Crippen LogP contribution in [0.1, 0.15) is 38.2 Å². The maximum Gasteiger partial charge on any atom is 0.435 e. The third-order valence-electron chi connectivity index (χ3n) is 4.63. The zero-order valence-electron chi connectivity index (χ0n) is 16.1. The molecule has 7 nitrogen and oxygen atoms in total. The van der Waals surface area contributed by atoms with Crippen molar-refractivity contribution >= 4 is 30.3 Å². The number of rotatable bonds is 3. The summed E-state index contributed by atoms with van der Waals surface area (Å²) in [7, 11) is 0. The third-order valence-corrected chi connectivity index (χ3v) is 5.06. The number of thiol groups is 1. The average Bonchev–Trinajstić information content (AvgIpc) is 3.19. The number of anilines is 1. The molecule has 2 aromatic heterocycles. The van der Waals surface area contributed by atoms with E-state index in [4.69, 9.17) is 0 Å². The summed E-state index contributed by atoms with van der Waals surface area (Å²) < 4.78 is 81.0. The number of benzene rings is 1. The van der Waals surface area contributed by atoms with Crippen LogP contribution in [0.2, 0.25) is 0 Å². The smallest absolute Gasteiger partial charge is 0.376 e. The average molecular weight is 486 g/mol. The van der Waals surface area contributed by atoms with Crippen molar-refractivity contribution in [3.8, 4) is 5.69 Å². The number of carbonyl (C=O) groups excluding carboxylic acids is 1. The van der Waals surface area contributed by atoms with Gasteiger partial charge in [-0.2, -0.15) is 36.5 Å². The van der Waals surface area contributed by atoms with Crippen molar-refractivity contribution in [2.24, 2.45) is 0 Å². The zero-order valence-corrected chi connectivity index (χ0v) is 17.0. The molecule has 1 amide bonds. The van der Waals surface area contributed by atoms with E-state index in [-0.39, 0.29) is 5.69 Å². The second-order valence-corrected chi connectivity index (χ2v) is 7.30. The highest BCUT2D eigenvalue weighted by Gasteiger charge is 2.41. The van der Waals surface area contributed by atoms with Crippen LogP contribution in [0.4, 0.5) is 32.0 Å². The van der Waals surface area contributed by atoms with E-state index in [2.05, 4.69) is 33.2 Å². The summed E-state index contributed by atoms with van der Waals surface area (Å²) in [5, 5.41) is 14.2. The van der Waals surface area contributed by atoms with Crippen LogP contribution in [-0.4, -0.2) is 25.9 Å². The van der Waals surface area contributed by atoms with Crippen LogP contribution in [0.3, 0.4) is 0 Å². The quantitative estimate of drug-likeness (QED) is 0.376. The van der Waals surface area contributed by atoms with Gasteiger partial charge in [-0.1, -0.05) is 12.1 Å². The van der Waals surface area contributed by atoms with Gasteiger partial charge in [0, 0.05) is 5.56 Å². The molecule has 3 aromatic rings. The van der Waals surface area contributed by atoms with Crippen LogP contribution in [0.5, 0.6) is 0 Å². The second-order valence-electron chi connectivity index (χ2n) is 6.78. The van der Waals surface area contributed by atoms with Gasteiger partial charge in [0.05, 0.1) is 34.7 Å². The molecule has 1 aliphatic heterocycles. The Hall–Kier alpha value is -3.55. The Morgan fingerprint density at radius 2 is 1.88 bits per heavy atom. The molecule has 172 valence electrons. The highest BCUT2D eigenvalue weighted by atomic mass is 32.1. The first-order valence-corrected chi connectivity index (χ1v) is 9.59. The minimum absolute atomic E-state index is 0.0422. The molecule has 0 saturated heterocycles. The van der Waals surface area contributed by atoms with Gasteiger partial charge >= 0.3 is 12.4 Å². The van der Waals surface area contributed by atoms with Crippen LogP contribution in [0.15, 0.2) is 42.9 Å². The van der Waals surface area contributed by atoms with E-state index in [9.17, 15) is 31.1 Å². The van der Waals surface area contributed by atoms with Crippen molar-refractivity contribution in [3.63, 3.8) is 0 Å². The first kappa shape index (κ1) is 22.6. The lowest BCUT2D eigenvalue weighted by Gasteiger charge is -2.22. The predicted octanol–water partition coefficient (Wildman–Crippen LogP) is 4.45. The molecular formula is C19H12F6N6OS. The zero-order chi connectivity index (χ0) is 24.0. The van der Waals surface area contributed by atoms with Crippen molar-refractivity contribution in [1.29, 1.82) is 0 Å². The van der Waals surface area contributed by atoms with E-state index in [0.29, 0.717) is 28.1 Å². The first-order chi connectivity index (χ1) is 15.5. The minimum atomic E-state index is -5.02. The monoisotopic (exact) mass is 486 g/mol. The second kappa shape index (κ2) is 8.10. The molecule has 0 saturated carbocycles. The molecule has 1 aromatic carbocycles. The van der Waals surface area contributed by atoms with Gasteiger partial charge in [0.1, 0.15) is 0 Å². The van der Waals surface area contributed by atoms with Gasteiger partial charge in [-0.3, -0.25) is 4.79 Å². The highest BCUT2D eigenvalue weighted by Crippen LogP contribution is 2.37. The van der Waals surface area contributed by atoms with Crippen molar-refractivity contribution in [2.75, 3.05) is 5.32 Å². The Morgan fingerprint density at radius 3 is 2.58 bits per heavy atom. The van der Waals surface area contributed by atoms with Crippen LogP contribution >= 0.6 is 12.6 Å². The molecule has 1 aliphatic rings. The number of nitrogens with zero attached hydrogens (tertiary/aromatic N) is 4. The van der Waals surface area contributed by atoms with Gasteiger partial charge in [-0.25, -0.2) is 4.68 Å². The Morgan fingerprint density at radius 1 is 1.12 bits per heavy atom. The standard InChI is InChI=1S/C19H12F6N6OS/c20-18(21,22)14-6-9(7-27-30-14)29-16(32)12-8-28-31(15(12)19(23,24)25)13-3-1-2-11-10(13)4-5-26-17(11)33/h1-8,17,26,33H,(H,29,30,32). The molecule has 4 rings (SSSR count). The van der Waals surface area contributed by atoms with Gasteiger partial charge in [-0.05, 0) is 30.0 Å². The number of aromatic nitrogens is 4. The summed E-state index contributed by atoms with van der Waals surface area (Å²) in [6.07, 6.45) is -5.34. The summed E-state index contributed by atoms with van der Waals surface area (Å²) in [6.45, 7) is 0. The summed E-state index contributed by atoms with van der Waals surface area (Å²) in [4.78, 5) is 12.6. The fourth-order valence-electron chi connectivity index (χ4n) is 3.23. The van der Waals surface area contributed by atoms with Gasteiger partial charge in [0.15, 0.2) is 11.4 Å². The summed E-state index contributed by atoms with van der Waals surface area (Å²) in [5.41, 5.74) is -3.13. The largest absolute Gasteiger partial charge is 0.435 e. The van der Waals surface area contributed by atoms with E-state index in [0.717, 1.165) is 6.20 Å². The number of carbonyl (C=O) groups is 1. The highest BCUT2D eigenvalue weighted by molar-refractivity contribution is 7.80. The number of halogens is 6. The van der Waals surface area contributed by atoms with Crippen molar-refractivity contribution < 1.29 is 31.1 Å². The van der Waals surface area contributed by atoms with Crippen LogP contribution in [0.25, 0.3) is 11.8 Å². The van der Waals surface area contributed by atoms with Crippen molar-refractivity contribution in [1.82, 2.24) is 25.3 Å². The Bertz CT molecular complexity index is 1250. The minimum Gasteiger partial charge on any atom is -0.376 e. The van der Waals surface area contributed by atoms with Crippen LogP contribution < -0.4 is 10.6 Å². The summed E-state index contributed by atoms with van der Waals surface area (Å²) in [5.74, 6) is -1.32. The molecule has 0 fully saturated rings. The van der Waals surface area contributed by atoms with E-state index in [1.807, 2.05) is 5.32 Å². The van der Waals surface area contributed by atoms with E-state index < -0.39 is 46.3 Å². The number of hydrogen-bond acceptors (Lipinski definition) is 6. The molecule has 14 heteroatoms. The van der Waals surface area contributed by atoms with Crippen molar-refractivity contribution in [3.05, 3.63) is 70.9 Å². The Balaban J connectivity index is 1.77. The summed E-state index contributed by atoms with van der Waals surface area (Å²) >= 11 is 4.34. The lowest BCUT2D eigenvalue weighted by Crippen LogP contribution is -2.22. The number of amides is 1. The molecule has 33 heavy (non-hydrogen) atoms. The third kappa shape index (κ3) is 4.37. The SMILES string of the molecule is O=C(Nc1cnnc(C(F)(F)F)c1)c1cnn(-c2cccc3c2C=CNC3S)c1C(F)(F)F. The molecule has 2 N–H and O–H groups in total. The van der Waals surface area contributed by atoms with E-state index in [1.54, 1.807) is 12.1 Å². The fraction of sp³-hybridized carbons (Fsp3) is 0.158. The first-order valence-electron chi connectivity index (χ1n) is 9.07. The molecule has 0 spiro atoms. The maximum absolute atomic E-state index is 14.0.